The smallest absolute Gasteiger partial charge is 0.326 e. The number of aryl methyl sites for hydroxylation is 1. The molecule has 0 fully saturated rings. The molecule has 2 N–H and O–H groups in total. The maximum absolute atomic E-state index is 10.7. The first-order valence-corrected chi connectivity index (χ1v) is 7.35. The number of carbonyl (C=O) groups excluding carboxylic acids is 1. The van der Waals surface area contributed by atoms with Gasteiger partial charge in [-0.3, -0.25) is 4.79 Å². The zero-order valence-electron chi connectivity index (χ0n) is 9.30. The summed E-state index contributed by atoms with van der Waals surface area (Å²) in [6.07, 6.45) is 1.91. The molecule has 0 bridgehead atoms. The van der Waals surface area contributed by atoms with E-state index in [0.29, 0.717) is 12.8 Å². The minimum Gasteiger partial charge on any atom is -0.480 e. The maximum Gasteiger partial charge on any atom is 0.326 e. The van der Waals surface area contributed by atoms with Crippen molar-refractivity contribution in [3.63, 3.8) is 0 Å². The molecule has 1 amide bonds. The highest BCUT2D eigenvalue weighted by atomic mass is 32.2. The molecule has 0 aliphatic heterocycles. The van der Waals surface area contributed by atoms with Crippen LogP contribution in [0.1, 0.15) is 12.0 Å². The summed E-state index contributed by atoms with van der Waals surface area (Å²) in [7, 11) is 0. The molecule has 1 aromatic rings. The van der Waals surface area contributed by atoms with Crippen LogP contribution in [0.4, 0.5) is 0 Å². The lowest BCUT2D eigenvalue weighted by Crippen LogP contribution is -2.36. The summed E-state index contributed by atoms with van der Waals surface area (Å²) in [5.74, 6) is 0.738. The van der Waals surface area contributed by atoms with Crippen LogP contribution < -0.4 is 5.32 Å². The van der Waals surface area contributed by atoms with E-state index < -0.39 is 12.0 Å². The van der Waals surface area contributed by atoms with E-state index in [1.807, 2.05) is 0 Å². The SMILES string of the molecule is O=CNC(CCSCCc1ccsc1)C(=O)O. The van der Waals surface area contributed by atoms with Gasteiger partial charge in [0.15, 0.2) is 0 Å². The van der Waals surface area contributed by atoms with E-state index >= 15 is 0 Å². The number of thioether (sulfide) groups is 1. The Morgan fingerprint density at radius 3 is 3.00 bits per heavy atom. The van der Waals surface area contributed by atoms with Crippen molar-refractivity contribution < 1.29 is 14.7 Å². The summed E-state index contributed by atoms with van der Waals surface area (Å²) in [5, 5.41) is 15.2. The standard InChI is InChI=1S/C11H15NO3S2/c13-8-12-10(11(14)15)3-6-16-4-1-9-2-5-17-7-9/h2,5,7-8,10H,1,3-4,6H2,(H,12,13)(H,14,15). The highest BCUT2D eigenvalue weighted by Gasteiger charge is 2.15. The molecule has 0 aromatic carbocycles. The van der Waals surface area contributed by atoms with Gasteiger partial charge in [-0.1, -0.05) is 0 Å². The fourth-order valence-corrected chi connectivity index (χ4v) is 2.98. The van der Waals surface area contributed by atoms with E-state index in [-0.39, 0.29) is 0 Å². The fourth-order valence-electron chi connectivity index (χ4n) is 1.29. The Kier molecular flexibility index (Phi) is 6.73. The second-order valence-electron chi connectivity index (χ2n) is 3.46. The average Bonchev–Trinajstić information content (AvgIpc) is 2.80. The topological polar surface area (TPSA) is 66.4 Å². The van der Waals surface area contributed by atoms with Crippen LogP contribution in [0.2, 0.25) is 0 Å². The molecule has 17 heavy (non-hydrogen) atoms. The van der Waals surface area contributed by atoms with Gasteiger partial charge < -0.3 is 10.4 Å². The number of aliphatic carboxylic acids is 1. The molecule has 1 aromatic heterocycles. The zero-order valence-corrected chi connectivity index (χ0v) is 10.9. The van der Waals surface area contributed by atoms with E-state index in [0.717, 1.165) is 17.9 Å². The second-order valence-corrected chi connectivity index (χ2v) is 5.46. The Hall–Kier alpha value is -1.01. The van der Waals surface area contributed by atoms with Crippen LogP contribution in [0.25, 0.3) is 0 Å². The van der Waals surface area contributed by atoms with Crippen LogP contribution in [-0.4, -0.2) is 35.0 Å². The van der Waals surface area contributed by atoms with Crippen LogP contribution in [0.3, 0.4) is 0 Å². The molecular formula is C11H15NO3S2. The molecule has 1 rings (SSSR count). The van der Waals surface area contributed by atoms with Gasteiger partial charge in [-0.25, -0.2) is 4.79 Å². The number of carbonyl (C=O) groups is 2. The summed E-state index contributed by atoms with van der Waals surface area (Å²) >= 11 is 3.39. The van der Waals surface area contributed by atoms with Gasteiger partial charge in [0.2, 0.25) is 6.41 Å². The van der Waals surface area contributed by atoms with Gasteiger partial charge >= 0.3 is 5.97 Å². The highest BCUT2D eigenvalue weighted by Crippen LogP contribution is 2.12. The van der Waals surface area contributed by atoms with E-state index in [4.69, 9.17) is 5.11 Å². The number of amides is 1. The molecule has 0 saturated carbocycles. The summed E-state index contributed by atoms with van der Waals surface area (Å²) in [6.45, 7) is 0. The number of carboxylic acid groups (broad SMARTS) is 1. The van der Waals surface area contributed by atoms with Crippen LogP contribution in [-0.2, 0) is 16.0 Å². The van der Waals surface area contributed by atoms with Crippen molar-refractivity contribution in [2.75, 3.05) is 11.5 Å². The zero-order chi connectivity index (χ0) is 12.5. The first-order valence-electron chi connectivity index (χ1n) is 5.25. The molecule has 1 atom stereocenters. The van der Waals surface area contributed by atoms with Crippen LogP contribution in [0.15, 0.2) is 16.8 Å². The minimum absolute atomic E-state index is 0.439. The number of hydrogen-bond donors (Lipinski definition) is 2. The van der Waals surface area contributed by atoms with E-state index in [9.17, 15) is 9.59 Å². The second kappa shape index (κ2) is 8.14. The maximum atomic E-state index is 10.7. The van der Waals surface area contributed by atoms with Gasteiger partial charge in [-0.05, 0) is 46.7 Å². The number of carboxylic acids is 1. The third-order valence-corrected chi connectivity index (χ3v) is 3.98. The van der Waals surface area contributed by atoms with E-state index in [1.54, 1.807) is 23.1 Å². The number of nitrogens with one attached hydrogen (secondary N) is 1. The Morgan fingerprint density at radius 1 is 1.59 bits per heavy atom. The molecular weight excluding hydrogens is 258 g/mol. The lowest BCUT2D eigenvalue weighted by Gasteiger charge is -2.10. The Labute approximate surface area is 108 Å². The summed E-state index contributed by atoms with van der Waals surface area (Å²) in [5.41, 5.74) is 1.32. The third-order valence-electron chi connectivity index (χ3n) is 2.23. The molecule has 1 unspecified atom stereocenters. The molecule has 0 aliphatic rings. The summed E-state index contributed by atoms with van der Waals surface area (Å²) < 4.78 is 0. The Balaban J connectivity index is 2.10. The molecule has 94 valence electrons. The van der Waals surface area contributed by atoms with Gasteiger partial charge in [-0.15, -0.1) is 0 Å². The Bertz CT molecular complexity index is 340. The fraction of sp³-hybridized carbons (Fsp3) is 0.455. The molecule has 4 nitrogen and oxygen atoms in total. The highest BCUT2D eigenvalue weighted by molar-refractivity contribution is 7.99. The van der Waals surface area contributed by atoms with E-state index in [2.05, 4.69) is 22.1 Å². The predicted octanol–water partition coefficient (Wildman–Crippen LogP) is 1.61. The molecule has 0 saturated heterocycles. The number of thiophene rings is 1. The first kappa shape index (κ1) is 14.1. The van der Waals surface area contributed by atoms with Crippen molar-refractivity contribution in [1.82, 2.24) is 5.32 Å². The van der Waals surface area contributed by atoms with Gasteiger partial charge in [0.25, 0.3) is 0 Å². The van der Waals surface area contributed by atoms with Crippen LogP contribution >= 0.6 is 23.1 Å². The Morgan fingerprint density at radius 2 is 2.41 bits per heavy atom. The number of rotatable bonds is 9. The normalized spacial score (nSPS) is 12.0. The van der Waals surface area contributed by atoms with Crippen molar-refractivity contribution in [3.05, 3.63) is 22.4 Å². The molecule has 0 radical (unpaired) electrons. The molecule has 1 heterocycles. The first-order chi connectivity index (χ1) is 8.24. The molecule has 0 spiro atoms. The van der Waals surface area contributed by atoms with Crippen molar-refractivity contribution in [2.24, 2.45) is 0 Å². The van der Waals surface area contributed by atoms with Crippen molar-refractivity contribution >= 4 is 35.5 Å². The quantitative estimate of drug-likeness (QED) is 0.530. The lowest BCUT2D eigenvalue weighted by atomic mass is 10.2. The summed E-state index contributed by atoms with van der Waals surface area (Å²) in [4.78, 5) is 20.9. The van der Waals surface area contributed by atoms with Gasteiger partial charge in [-0.2, -0.15) is 23.1 Å². The van der Waals surface area contributed by atoms with Crippen molar-refractivity contribution in [2.45, 2.75) is 18.9 Å². The van der Waals surface area contributed by atoms with Crippen molar-refractivity contribution in [1.29, 1.82) is 0 Å². The van der Waals surface area contributed by atoms with Crippen molar-refractivity contribution in [3.8, 4) is 0 Å². The van der Waals surface area contributed by atoms with E-state index in [1.165, 1.54) is 5.56 Å². The van der Waals surface area contributed by atoms with Crippen LogP contribution in [0.5, 0.6) is 0 Å². The van der Waals surface area contributed by atoms with Crippen LogP contribution in [0, 0.1) is 0 Å². The predicted molar refractivity (Wildman–Crippen MR) is 70.6 cm³/mol. The molecule has 6 heteroatoms. The van der Waals surface area contributed by atoms with Gasteiger partial charge in [0, 0.05) is 0 Å². The lowest BCUT2D eigenvalue weighted by molar-refractivity contribution is -0.140. The van der Waals surface area contributed by atoms with Gasteiger partial charge in [0.05, 0.1) is 0 Å². The number of hydrogen-bond acceptors (Lipinski definition) is 4. The molecule has 0 aliphatic carbocycles. The third kappa shape index (κ3) is 5.74. The minimum atomic E-state index is -0.976. The summed E-state index contributed by atoms with van der Waals surface area (Å²) in [6, 6.07) is 1.33. The van der Waals surface area contributed by atoms with Gasteiger partial charge in [0.1, 0.15) is 6.04 Å². The monoisotopic (exact) mass is 273 g/mol. The largest absolute Gasteiger partial charge is 0.480 e. The average molecular weight is 273 g/mol.